The zero-order valence-corrected chi connectivity index (χ0v) is 16.8. The average Bonchev–Trinajstić information content (AvgIpc) is 2.97. The average molecular weight is 386 g/mol. The maximum Gasteiger partial charge on any atom is 0.320 e. The smallest absolute Gasteiger partial charge is 0.320 e. The van der Waals surface area contributed by atoms with Crippen LogP contribution in [-0.2, 0) is 16.0 Å². The van der Waals surface area contributed by atoms with Gasteiger partial charge in [0.25, 0.3) is 0 Å². The van der Waals surface area contributed by atoms with E-state index in [1.165, 1.54) is 5.56 Å². The Balaban J connectivity index is 1.34. The fraction of sp³-hybridized carbons (Fsp3) is 0.636. The molecule has 3 aliphatic rings. The highest BCUT2D eigenvalue weighted by Crippen LogP contribution is 2.38. The minimum absolute atomic E-state index is 0.0752. The number of amides is 3. The number of hydrogen-bond donors (Lipinski definition) is 0. The van der Waals surface area contributed by atoms with Gasteiger partial charge in [0.1, 0.15) is 0 Å². The largest absolute Gasteiger partial charge is 0.381 e. The summed E-state index contributed by atoms with van der Waals surface area (Å²) in [5, 5.41) is 0. The van der Waals surface area contributed by atoms with Gasteiger partial charge in [-0.15, -0.1) is 0 Å². The van der Waals surface area contributed by atoms with Gasteiger partial charge in [-0.2, -0.15) is 0 Å². The van der Waals surface area contributed by atoms with Gasteiger partial charge in [0, 0.05) is 52.4 Å². The Morgan fingerprint density at radius 1 is 1.14 bits per heavy atom. The molecule has 0 aliphatic carbocycles. The number of urea groups is 1. The number of aryl methyl sites for hydroxylation is 1. The van der Waals surface area contributed by atoms with Gasteiger partial charge in [0.2, 0.25) is 5.91 Å². The van der Waals surface area contributed by atoms with Crippen molar-refractivity contribution in [3.8, 4) is 0 Å². The van der Waals surface area contributed by atoms with Crippen molar-refractivity contribution >= 4 is 11.9 Å². The highest BCUT2D eigenvalue weighted by molar-refractivity contribution is 5.79. The second kappa shape index (κ2) is 8.11. The Kier molecular flexibility index (Phi) is 5.58. The number of piperidine rings is 1. The number of benzene rings is 1. The van der Waals surface area contributed by atoms with E-state index < -0.39 is 0 Å². The highest BCUT2D eigenvalue weighted by atomic mass is 16.5. The molecule has 0 N–H and O–H groups in total. The Bertz CT molecular complexity index is 694. The monoisotopic (exact) mass is 385 g/mol. The molecule has 1 spiro atoms. The Morgan fingerprint density at radius 3 is 2.50 bits per heavy atom. The minimum Gasteiger partial charge on any atom is -0.381 e. The van der Waals surface area contributed by atoms with Gasteiger partial charge < -0.3 is 19.4 Å². The van der Waals surface area contributed by atoms with E-state index in [4.69, 9.17) is 4.74 Å². The third-order valence-electron chi connectivity index (χ3n) is 6.65. The predicted molar refractivity (Wildman–Crippen MR) is 107 cm³/mol. The topological polar surface area (TPSA) is 53.1 Å². The van der Waals surface area contributed by atoms with Crippen molar-refractivity contribution in [2.24, 2.45) is 0 Å². The molecular weight excluding hydrogens is 354 g/mol. The molecule has 4 rings (SSSR count). The van der Waals surface area contributed by atoms with E-state index in [-0.39, 0.29) is 23.5 Å². The van der Waals surface area contributed by atoms with Crippen molar-refractivity contribution < 1.29 is 14.3 Å². The van der Waals surface area contributed by atoms with Crippen LogP contribution < -0.4 is 0 Å². The molecule has 0 radical (unpaired) electrons. The van der Waals surface area contributed by atoms with Crippen LogP contribution >= 0.6 is 0 Å². The normalized spacial score (nSPS) is 22.9. The third kappa shape index (κ3) is 3.75. The van der Waals surface area contributed by atoms with Crippen LogP contribution in [0.25, 0.3) is 0 Å². The quantitative estimate of drug-likeness (QED) is 0.800. The number of nitrogens with zero attached hydrogens (tertiary/aromatic N) is 3. The van der Waals surface area contributed by atoms with Crippen molar-refractivity contribution in [2.45, 2.75) is 50.1 Å². The Hall–Kier alpha value is -2.08. The molecule has 1 aromatic carbocycles. The number of carbonyl (C=O) groups excluding carboxylic acids is 2. The highest BCUT2D eigenvalue weighted by Gasteiger charge is 2.52. The van der Waals surface area contributed by atoms with Gasteiger partial charge >= 0.3 is 6.03 Å². The summed E-state index contributed by atoms with van der Waals surface area (Å²) in [5.41, 5.74) is 1.13. The summed E-state index contributed by atoms with van der Waals surface area (Å²) in [5.74, 6) is 0.230. The molecule has 6 heteroatoms. The summed E-state index contributed by atoms with van der Waals surface area (Å²) < 4.78 is 5.56. The zero-order valence-electron chi connectivity index (χ0n) is 16.8. The molecule has 3 fully saturated rings. The first-order valence-corrected chi connectivity index (χ1v) is 10.5. The lowest BCUT2D eigenvalue weighted by Gasteiger charge is -2.46. The van der Waals surface area contributed by atoms with Crippen LogP contribution in [0.3, 0.4) is 0 Å². The second-order valence-corrected chi connectivity index (χ2v) is 8.44. The van der Waals surface area contributed by atoms with Crippen LogP contribution in [0.1, 0.15) is 37.7 Å². The van der Waals surface area contributed by atoms with E-state index in [0.717, 1.165) is 65.0 Å². The zero-order chi connectivity index (χ0) is 19.6. The van der Waals surface area contributed by atoms with Crippen LogP contribution in [0.15, 0.2) is 30.3 Å². The fourth-order valence-electron chi connectivity index (χ4n) is 5.09. The molecule has 1 aromatic rings. The first-order chi connectivity index (χ1) is 13.6. The number of carbonyl (C=O) groups is 2. The van der Waals surface area contributed by atoms with Crippen molar-refractivity contribution in [2.75, 3.05) is 39.9 Å². The number of likely N-dealkylation sites (N-methyl/N-ethyl adjacent to an activating group) is 1. The molecule has 0 unspecified atom stereocenters. The first-order valence-electron chi connectivity index (χ1n) is 10.5. The lowest BCUT2D eigenvalue weighted by atomic mass is 9.86. The van der Waals surface area contributed by atoms with E-state index in [1.807, 2.05) is 35.0 Å². The molecule has 0 atom stereocenters. The maximum atomic E-state index is 12.9. The van der Waals surface area contributed by atoms with Gasteiger partial charge in [0.15, 0.2) is 0 Å². The molecule has 3 saturated heterocycles. The van der Waals surface area contributed by atoms with Crippen LogP contribution in [-0.4, -0.2) is 78.1 Å². The van der Waals surface area contributed by atoms with Gasteiger partial charge in [-0.05, 0) is 37.7 Å². The van der Waals surface area contributed by atoms with Crippen molar-refractivity contribution in [1.82, 2.24) is 14.7 Å². The predicted octanol–water partition coefficient (Wildman–Crippen LogP) is 2.53. The van der Waals surface area contributed by atoms with Gasteiger partial charge in [-0.3, -0.25) is 4.79 Å². The van der Waals surface area contributed by atoms with E-state index in [9.17, 15) is 9.59 Å². The molecule has 3 heterocycles. The van der Waals surface area contributed by atoms with Crippen LogP contribution in [0, 0.1) is 0 Å². The van der Waals surface area contributed by atoms with Crippen LogP contribution in [0.4, 0.5) is 4.79 Å². The van der Waals surface area contributed by atoms with E-state index in [1.54, 1.807) is 0 Å². The molecule has 152 valence electrons. The summed E-state index contributed by atoms with van der Waals surface area (Å²) in [6.45, 7) is 3.75. The molecule has 6 nitrogen and oxygen atoms in total. The standard InChI is InChI=1S/C22H31N3O3/c1-23-17-22(11-15-28-16-12-22)25(21(23)27)19-9-13-24(14-10-19)20(26)8-7-18-5-3-2-4-6-18/h2-6,19H,7-17H2,1H3. The van der Waals surface area contributed by atoms with Gasteiger partial charge in [-0.1, -0.05) is 30.3 Å². The van der Waals surface area contributed by atoms with E-state index >= 15 is 0 Å². The summed E-state index contributed by atoms with van der Waals surface area (Å²) >= 11 is 0. The van der Waals surface area contributed by atoms with Crippen molar-refractivity contribution in [1.29, 1.82) is 0 Å². The van der Waals surface area contributed by atoms with Crippen LogP contribution in [0.5, 0.6) is 0 Å². The second-order valence-electron chi connectivity index (χ2n) is 8.44. The number of likely N-dealkylation sites (tertiary alicyclic amines) is 1. The third-order valence-corrected chi connectivity index (χ3v) is 6.65. The molecular formula is C22H31N3O3. The maximum absolute atomic E-state index is 12.9. The van der Waals surface area contributed by atoms with E-state index in [0.29, 0.717) is 6.42 Å². The summed E-state index contributed by atoms with van der Waals surface area (Å²) in [6.07, 6.45) is 4.93. The Morgan fingerprint density at radius 2 is 1.82 bits per heavy atom. The lowest BCUT2D eigenvalue weighted by Crippen LogP contribution is -2.57. The van der Waals surface area contributed by atoms with Crippen molar-refractivity contribution in [3.05, 3.63) is 35.9 Å². The summed E-state index contributed by atoms with van der Waals surface area (Å²) in [6, 6.07) is 10.6. The molecule has 28 heavy (non-hydrogen) atoms. The first kappa shape index (κ1) is 19.2. The summed E-state index contributed by atoms with van der Waals surface area (Å²) in [4.78, 5) is 31.5. The van der Waals surface area contributed by atoms with E-state index in [2.05, 4.69) is 17.0 Å². The van der Waals surface area contributed by atoms with Crippen LogP contribution in [0.2, 0.25) is 0 Å². The van der Waals surface area contributed by atoms with Gasteiger partial charge in [-0.25, -0.2) is 4.79 Å². The van der Waals surface area contributed by atoms with Crippen molar-refractivity contribution in [3.63, 3.8) is 0 Å². The fourth-order valence-corrected chi connectivity index (χ4v) is 5.09. The molecule has 3 amide bonds. The minimum atomic E-state index is -0.0752. The molecule has 3 aliphatic heterocycles. The lowest BCUT2D eigenvalue weighted by molar-refractivity contribution is -0.132. The number of ether oxygens (including phenoxy) is 1. The number of rotatable bonds is 4. The summed E-state index contributed by atoms with van der Waals surface area (Å²) in [7, 11) is 1.90. The molecule has 0 bridgehead atoms. The SMILES string of the molecule is CN1CC2(CCOCC2)N(C2CCN(C(=O)CCc3ccccc3)CC2)C1=O. The van der Waals surface area contributed by atoms with Gasteiger partial charge in [0.05, 0.1) is 5.54 Å². The number of hydrogen-bond acceptors (Lipinski definition) is 3. The molecule has 0 saturated carbocycles. The Labute approximate surface area is 167 Å². The molecule has 0 aromatic heterocycles.